The molecule has 1 nitrogen and oxygen atoms in total. The van der Waals surface area contributed by atoms with Gasteiger partial charge in [-0.15, -0.1) is 12.4 Å². The van der Waals surface area contributed by atoms with Crippen LogP contribution in [0.2, 0.25) is 0 Å². The molecule has 0 aliphatic carbocycles. The van der Waals surface area contributed by atoms with E-state index in [4.69, 9.17) is 5.73 Å². The Labute approximate surface area is 80.4 Å². The lowest BCUT2D eigenvalue weighted by atomic mass is 9.95. The summed E-state index contributed by atoms with van der Waals surface area (Å²) in [7, 11) is 0. The maximum Gasteiger partial charge on any atom is 0.00766 e. The molecule has 0 aliphatic rings. The first-order valence-corrected chi connectivity index (χ1v) is 4.02. The number of rotatable bonds is 2. The van der Waals surface area contributed by atoms with E-state index in [0.717, 1.165) is 0 Å². The van der Waals surface area contributed by atoms with Gasteiger partial charge in [-0.25, -0.2) is 0 Å². The Hall–Kier alpha value is -0.530. The van der Waals surface area contributed by atoms with Crippen LogP contribution < -0.4 is 5.73 Å². The summed E-state index contributed by atoms with van der Waals surface area (Å²) in [6, 6.07) is 10.6. The first-order valence-electron chi connectivity index (χ1n) is 4.02. The summed E-state index contributed by atoms with van der Waals surface area (Å²) in [4.78, 5) is 0. The van der Waals surface area contributed by atoms with Crippen LogP contribution in [0, 0.1) is 0 Å². The predicted octanol–water partition coefficient (Wildman–Crippen LogP) is 2.56. The fraction of sp³-hybridized carbons (Fsp3) is 0.400. The zero-order valence-corrected chi connectivity index (χ0v) is 8.34. The van der Waals surface area contributed by atoms with Crippen LogP contribution in [0.25, 0.3) is 0 Å². The number of benzene rings is 1. The quantitative estimate of drug-likeness (QED) is 0.753. The minimum atomic E-state index is 0. The SMILES string of the molecule is CC(N)C(C)c1ccccc1.Cl. The largest absolute Gasteiger partial charge is 0.327 e. The Balaban J connectivity index is 0.00000121. The highest BCUT2D eigenvalue weighted by Gasteiger charge is 2.08. The van der Waals surface area contributed by atoms with Gasteiger partial charge in [-0.3, -0.25) is 0 Å². The summed E-state index contributed by atoms with van der Waals surface area (Å²) in [5.41, 5.74) is 7.09. The molecule has 12 heavy (non-hydrogen) atoms. The lowest BCUT2D eigenvalue weighted by Crippen LogP contribution is -2.22. The predicted molar refractivity (Wildman–Crippen MR) is 55.8 cm³/mol. The molecule has 0 fully saturated rings. The Morgan fingerprint density at radius 1 is 1.08 bits per heavy atom. The third kappa shape index (κ3) is 2.84. The summed E-state index contributed by atoms with van der Waals surface area (Å²) < 4.78 is 0. The second-order valence-corrected chi connectivity index (χ2v) is 3.06. The van der Waals surface area contributed by atoms with Crippen molar-refractivity contribution >= 4 is 12.4 Å². The fourth-order valence-electron chi connectivity index (χ4n) is 1.06. The summed E-state index contributed by atoms with van der Waals surface area (Å²) in [5, 5.41) is 0. The molecular weight excluding hydrogens is 170 g/mol. The topological polar surface area (TPSA) is 26.0 Å². The van der Waals surface area contributed by atoms with Gasteiger partial charge in [0.25, 0.3) is 0 Å². The lowest BCUT2D eigenvalue weighted by molar-refractivity contribution is 0.613. The normalized spacial score (nSPS) is 14.6. The molecule has 1 aromatic carbocycles. The van der Waals surface area contributed by atoms with Crippen molar-refractivity contribution in [3.05, 3.63) is 35.9 Å². The minimum absolute atomic E-state index is 0. The number of hydrogen-bond donors (Lipinski definition) is 1. The Morgan fingerprint density at radius 2 is 1.58 bits per heavy atom. The average Bonchev–Trinajstić information content (AvgIpc) is 2.05. The molecule has 1 rings (SSSR count). The molecular formula is C10H16ClN. The molecule has 0 amide bonds. The second kappa shape index (κ2) is 5.18. The lowest BCUT2D eigenvalue weighted by Gasteiger charge is -2.15. The summed E-state index contributed by atoms with van der Waals surface area (Å²) in [5.74, 6) is 0.455. The zero-order chi connectivity index (χ0) is 8.27. The smallest absolute Gasteiger partial charge is 0.00766 e. The van der Waals surface area contributed by atoms with Crippen molar-refractivity contribution < 1.29 is 0 Å². The molecule has 0 saturated heterocycles. The van der Waals surface area contributed by atoms with Crippen LogP contribution in [-0.2, 0) is 0 Å². The molecule has 2 atom stereocenters. The molecule has 68 valence electrons. The van der Waals surface area contributed by atoms with Crippen molar-refractivity contribution in [2.45, 2.75) is 25.8 Å². The highest BCUT2D eigenvalue weighted by molar-refractivity contribution is 5.85. The van der Waals surface area contributed by atoms with E-state index >= 15 is 0 Å². The van der Waals surface area contributed by atoms with Crippen LogP contribution in [-0.4, -0.2) is 6.04 Å². The maximum absolute atomic E-state index is 5.77. The van der Waals surface area contributed by atoms with Crippen molar-refractivity contribution in [1.29, 1.82) is 0 Å². The van der Waals surface area contributed by atoms with Gasteiger partial charge in [0.15, 0.2) is 0 Å². The van der Waals surface area contributed by atoms with Gasteiger partial charge in [0.05, 0.1) is 0 Å². The molecule has 1 aromatic rings. The molecule has 0 aromatic heterocycles. The van der Waals surface area contributed by atoms with Crippen LogP contribution in [0.4, 0.5) is 0 Å². The van der Waals surface area contributed by atoms with Crippen LogP contribution in [0.5, 0.6) is 0 Å². The third-order valence-corrected chi connectivity index (χ3v) is 2.11. The van der Waals surface area contributed by atoms with E-state index in [1.165, 1.54) is 5.56 Å². The molecule has 0 radical (unpaired) electrons. The van der Waals surface area contributed by atoms with Crippen molar-refractivity contribution in [1.82, 2.24) is 0 Å². The van der Waals surface area contributed by atoms with Gasteiger partial charge in [-0.1, -0.05) is 37.3 Å². The van der Waals surface area contributed by atoms with Gasteiger partial charge >= 0.3 is 0 Å². The molecule has 0 bridgehead atoms. The van der Waals surface area contributed by atoms with E-state index in [0.29, 0.717) is 5.92 Å². The van der Waals surface area contributed by atoms with Crippen molar-refractivity contribution in [2.24, 2.45) is 5.73 Å². The monoisotopic (exact) mass is 185 g/mol. The number of hydrogen-bond acceptors (Lipinski definition) is 1. The standard InChI is InChI=1S/C10H15N.ClH/c1-8(9(2)11)10-6-4-3-5-7-10;/h3-9H,11H2,1-2H3;1H. The fourth-order valence-corrected chi connectivity index (χ4v) is 1.06. The summed E-state index contributed by atoms with van der Waals surface area (Å²) >= 11 is 0. The third-order valence-electron chi connectivity index (χ3n) is 2.11. The van der Waals surface area contributed by atoms with Gasteiger partial charge < -0.3 is 5.73 Å². The molecule has 0 spiro atoms. The first kappa shape index (κ1) is 11.5. The maximum atomic E-state index is 5.77. The summed E-state index contributed by atoms with van der Waals surface area (Å²) in [6.45, 7) is 4.19. The highest BCUT2D eigenvalue weighted by atomic mass is 35.5. The molecule has 0 heterocycles. The van der Waals surface area contributed by atoms with Gasteiger partial charge in [0.2, 0.25) is 0 Å². The molecule has 2 heteroatoms. The van der Waals surface area contributed by atoms with E-state index in [-0.39, 0.29) is 18.4 Å². The van der Waals surface area contributed by atoms with E-state index in [1.807, 2.05) is 25.1 Å². The van der Waals surface area contributed by atoms with Crippen LogP contribution in [0.3, 0.4) is 0 Å². The van der Waals surface area contributed by atoms with E-state index in [2.05, 4.69) is 19.1 Å². The number of nitrogens with two attached hydrogens (primary N) is 1. The molecule has 0 aliphatic heterocycles. The first-order chi connectivity index (χ1) is 5.22. The van der Waals surface area contributed by atoms with E-state index < -0.39 is 0 Å². The van der Waals surface area contributed by atoms with Crippen LogP contribution in [0.1, 0.15) is 25.3 Å². The average molecular weight is 186 g/mol. The Kier molecular flexibility index (Phi) is 4.95. The molecule has 2 unspecified atom stereocenters. The van der Waals surface area contributed by atoms with Crippen LogP contribution >= 0.6 is 12.4 Å². The molecule has 2 N–H and O–H groups in total. The Morgan fingerprint density at radius 3 is 2.00 bits per heavy atom. The van der Waals surface area contributed by atoms with E-state index in [9.17, 15) is 0 Å². The highest BCUT2D eigenvalue weighted by Crippen LogP contribution is 2.16. The van der Waals surface area contributed by atoms with Gasteiger partial charge in [-0.05, 0) is 18.4 Å². The Bertz CT molecular complexity index is 208. The second-order valence-electron chi connectivity index (χ2n) is 3.06. The van der Waals surface area contributed by atoms with E-state index in [1.54, 1.807) is 0 Å². The summed E-state index contributed by atoms with van der Waals surface area (Å²) in [6.07, 6.45) is 0. The van der Waals surface area contributed by atoms with Crippen molar-refractivity contribution in [3.8, 4) is 0 Å². The van der Waals surface area contributed by atoms with Gasteiger partial charge in [0.1, 0.15) is 0 Å². The minimum Gasteiger partial charge on any atom is -0.327 e. The van der Waals surface area contributed by atoms with Crippen LogP contribution in [0.15, 0.2) is 30.3 Å². The van der Waals surface area contributed by atoms with Crippen molar-refractivity contribution in [2.75, 3.05) is 0 Å². The van der Waals surface area contributed by atoms with Crippen molar-refractivity contribution in [3.63, 3.8) is 0 Å². The number of halogens is 1. The van der Waals surface area contributed by atoms with Gasteiger partial charge in [-0.2, -0.15) is 0 Å². The molecule has 0 saturated carbocycles. The van der Waals surface area contributed by atoms with Gasteiger partial charge in [0, 0.05) is 6.04 Å². The zero-order valence-electron chi connectivity index (χ0n) is 7.53.